The van der Waals surface area contributed by atoms with Crippen molar-refractivity contribution in [1.82, 2.24) is 0 Å². The summed E-state index contributed by atoms with van der Waals surface area (Å²) in [6.07, 6.45) is 0. The van der Waals surface area contributed by atoms with Gasteiger partial charge in [0.05, 0.1) is 13.2 Å². The maximum Gasteiger partial charge on any atom is 0.173 e. The van der Waals surface area contributed by atoms with E-state index in [2.05, 4.69) is 10.0 Å². The lowest BCUT2D eigenvalue weighted by molar-refractivity contribution is 0.328. The van der Waals surface area contributed by atoms with Gasteiger partial charge in [-0.25, -0.2) is 4.21 Å². The summed E-state index contributed by atoms with van der Waals surface area (Å²) >= 11 is -1.98. The predicted molar refractivity (Wildman–Crippen MR) is 90.2 cm³/mol. The van der Waals surface area contributed by atoms with Crippen LogP contribution in [0, 0.1) is 0 Å². The Bertz CT molecular complexity index is 705. The zero-order valence-corrected chi connectivity index (χ0v) is 13.1. The smallest absolute Gasteiger partial charge is 0.173 e. The van der Waals surface area contributed by atoms with E-state index >= 15 is 0 Å². The Balaban J connectivity index is 2.21. The summed E-state index contributed by atoms with van der Waals surface area (Å²) in [4.78, 5) is 4.39. The van der Waals surface area contributed by atoms with Gasteiger partial charge in [0, 0.05) is 22.4 Å². The molecule has 0 heterocycles. The molecule has 1 N–H and O–H groups in total. The van der Waals surface area contributed by atoms with Gasteiger partial charge in [0.1, 0.15) is 11.6 Å². The maximum absolute atomic E-state index is 11.3. The van der Waals surface area contributed by atoms with Crippen molar-refractivity contribution in [3.8, 4) is 5.75 Å². The van der Waals surface area contributed by atoms with Crippen LogP contribution in [-0.4, -0.2) is 27.8 Å². The fourth-order valence-corrected chi connectivity index (χ4v) is 2.53. The quantitative estimate of drug-likeness (QED) is 0.262. The van der Waals surface area contributed by atoms with Gasteiger partial charge in [-0.15, -0.1) is 0 Å². The Hall–Kier alpha value is -2.54. The number of anilines is 2. The minimum Gasteiger partial charge on any atom is -0.493 e. The van der Waals surface area contributed by atoms with Gasteiger partial charge < -0.3 is 14.2 Å². The van der Waals surface area contributed by atoms with Gasteiger partial charge in [-0.1, -0.05) is 29.4 Å². The summed E-state index contributed by atoms with van der Waals surface area (Å²) in [5, 5.41) is 3.40. The lowest BCUT2D eigenvalue weighted by atomic mass is 10.2. The van der Waals surface area contributed by atoms with Crippen LogP contribution in [-0.2, 0) is 11.1 Å². The molecule has 0 aliphatic rings. The van der Waals surface area contributed by atoms with Crippen molar-refractivity contribution in [3.63, 3.8) is 0 Å². The summed E-state index contributed by atoms with van der Waals surface area (Å²) < 4.78 is 26.1. The first-order valence-corrected chi connectivity index (χ1v) is 8.12. The van der Waals surface area contributed by atoms with Crippen LogP contribution in [0.4, 0.5) is 11.4 Å². The highest BCUT2D eigenvalue weighted by Gasteiger charge is 2.12. The van der Waals surface area contributed by atoms with Gasteiger partial charge in [0.25, 0.3) is 0 Å². The molecular formula is C15H16N4O3S. The van der Waals surface area contributed by atoms with E-state index in [1.54, 1.807) is 23.1 Å². The second-order valence-corrected chi connectivity index (χ2v) is 5.42. The van der Waals surface area contributed by atoms with E-state index in [1.165, 1.54) is 0 Å². The largest absolute Gasteiger partial charge is 0.493 e. The van der Waals surface area contributed by atoms with Crippen molar-refractivity contribution < 1.29 is 13.5 Å². The van der Waals surface area contributed by atoms with Crippen LogP contribution < -0.4 is 9.64 Å². The van der Waals surface area contributed by atoms with E-state index in [9.17, 15) is 8.76 Å². The predicted octanol–water partition coefficient (Wildman–Crippen LogP) is 3.69. The molecule has 0 bridgehead atoms. The van der Waals surface area contributed by atoms with Crippen molar-refractivity contribution in [2.75, 3.05) is 23.9 Å². The van der Waals surface area contributed by atoms with Gasteiger partial charge in [-0.3, -0.25) is 0 Å². The van der Waals surface area contributed by atoms with Gasteiger partial charge in [-0.05, 0) is 29.8 Å². The van der Waals surface area contributed by atoms with Gasteiger partial charge in [-0.2, -0.15) is 0 Å². The van der Waals surface area contributed by atoms with Crippen LogP contribution in [0.15, 0.2) is 59.7 Å². The van der Waals surface area contributed by atoms with Crippen molar-refractivity contribution in [2.45, 2.75) is 0 Å². The third kappa shape index (κ3) is 5.30. The van der Waals surface area contributed by atoms with Crippen molar-refractivity contribution in [2.24, 2.45) is 5.11 Å². The molecule has 0 aliphatic heterocycles. The maximum atomic E-state index is 11.3. The number of ether oxygens (including phenoxy) is 1. The highest BCUT2D eigenvalue weighted by molar-refractivity contribution is 7.79. The highest BCUT2D eigenvalue weighted by atomic mass is 32.2. The summed E-state index contributed by atoms with van der Waals surface area (Å²) in [6, 6.07) is 16.5. The number of rotatable bonds is 8. The first-order valence-electron chi connectivity index (χ1n) is 6.84. The molecule has 0 aromatic heterocycles. The zero-order valence-electron chi connectivity index (χ0n) is 12.3. The molecule has 2 aromatic carbocycles. The molecule has 0 saturated carbocycles. The van der Waals surface area contributed by atoms with Gasteiger partial charge in [0.2, 0.25) is 0 Å². The number of hydrogen-bond acceptors (Lipinski definition) is 4. The van der Waals surface area contributed by atoms with Crippen LogP contribution in [0.3, 0.4) is 0 Å². The van der Waals surface area contributed by atoms with Crippen molar-refractivity contribution in [1.29, 1.82) is 0 Å². The second-order valence-electron chi connectivity index (χ2n) is 4.51. The summed E-state index contributed by atoms with van der Waals surface area (Å²) in [6.45, 7) is 0.508. The monoisotopic (exact) mass is 332 g/mol. The van der Waals surface area contributed by atoms with Gasteiger partial charge in [0.15, 0.2) is 11.1 Å². The Morgan fingerprint density at radius 3 is 2.61 bits per heavy atom. The average Bonchev–Trinajstić information content (AvgIpc) is 2.57. The molecule has 2 rings (SSSR count). The lowest BCUT2D eigenvalue weighted by Crippen LogP contribution is -2.21. The van der Waals surface area contributed by atoms with E-state index in [-0.39, 0.29) is 19.0 Å². The molecule has 2 aromatic rings. The molecule has 1 atom stereocenters. The highest BCUT2D eigenvalue weighted by Crippen LogP contribution is 2.28. The summed E-state index contributed by atoms with van der Waals surface area (Å²) in [5.74, 6) is 0.548. The Morgan fingerprint density at radius 1 is 1.17 bits per heavy atom. The number of benzene rings is 2. The minimum atomic E-state index is -1.98. The van der Waals surface area contributed by atoms with Crippen LogP contribution in [0.2, 0.25) is 0 Å². The molecule has 7 nitrogen and oxygen atoms in total. The van der Waals surface area contributed by atoms with E-state index in [0.29, 0.717) is 5.75 Å². The molecule has 0 fully saturated rings. The fraction of sp³-hybridized carbons (Fsp3) is 0.200. The topological polar surface area (TPSA) is 98.5 Å². The SMILES string of the molecule is [N-]=[N+]=NCCOc1cccc(N(CS(=O)O)c2ccccc2)c1. The van der Waals surface area contributed by atoms with Crippen LogP contribution in [0.1, 0.15) is 0 Å². The Labute approximate surface area is 136 Å². The molecule has 1 unspecified atom stereocenters. The fourth-order valence-electron chi connectivity index (χ4n) is 2.01. The van der Waals surface area contributed by atoms with Crippen molar-refractivity contribution >= 4 is 22.5 Å². The molecule has 0 radical (unpaired) electrons. The van der Waals surface area contributed by atoms with Crippen LogP contribution in [0.25, 0.3) is 10.4 Å². The number of azide groups is 1. The molecule has 23 heavy (non-hydrogen) atoms. The van der Waals surface area contributed by atoms with E-state index < -0.39 is 11.1 Å². The summed E-state index contributed by atoms with van der Waals surface area (Å²) in [5.41, 5.74) is 9.78. The Morgan fingerprint density at radius 2 is 1.91 bits per heavy atom. The zero-order chi connectivity index (χ0) is 16.5. The van der Waals surface area contributed by atoms with Crippen molar-refractivity contribution in [3.05, 3.63) is 65.0 Å². The lowest BCUT2D eigenvalue weighted by Gasteiger charge is -2.23. The first kappa shape index (κ1) is 16.8. The summed E-state index contributed by atoms with van der Waals surface area (Å²) in [7, 11) is 0. The normalized spacial score (nSPS) is 11.3. The Kier molecular flexibility index (Phi) is 6.43. The van der Waals surface area contributed by atoms with E-state index in [0.717, 1.165) is 11.4 Å². The standard InChI is InChI=1S/C15H16N4O3S/c16-18-17-9-10-22-15-8-4-7-14(11-15)19(12-23(20)21)13-5-2-1-3-6-13/h1-8,11H,9-10,12H2,(H,20,21). The molecule has 120 valence electrons. The second kappa shape index (κ2) is 8.79. The van der Waals surface area contributed by atoms with Crippen LogP contribution >= 0.6 is 0 Å². The molecular weight excluding hydrogens is 316 g/mol. The minimum absolute atomic E-state index is 0.0494. The van der Waals surface area contributed by atoms with E-state index in [4.69, 9.17) is 10.3 Å². The number of para-hydroxylation sites is 1. The third-order valence-corrected chi connectivity index (χ3v) is 3.44. The molecule has 0 amide bonds. The number of hydrogen-bond donors (Lipinski definition) is 1. The molecule has 0 aliphatic carbocycles. The van der Waals surface area contributed by atoms with Crippen LogP contribution in [0.5, 0.6) is 5.75 Å². The number of nitrogens with zero attached hydrogens (tertiary/aromatic N) is 4. The average molecular weight is 332 g/mol. The molecule has 8 heteroatoms. The van der Waals surface area contributed by atoms with E-state index in [1.807, 2.05) is 36.4 Å². The first-order chi connectivity index (χ1) is 11.2. The third-order valence-electron chi connectivity index (χ3n) is 2.96. The molecule has 0 saturated heterocycles. The van der Waals surface area contributed by atoms with Gasteiger partial charge >= 0.3 is 0 Å². The molecule has 0 spiro atoms.